The van der Waals surface area contributed by atoms with Gasteiger partial charge in [-0.25, -0.2) is 0 Å². The Morgan fingerprint density at radius 2 is 1.86 bits per heavy atom. The highest BCUT2D eigenvalue weighted by molar-refractivity contribution is 5.76. The number of nitrogens with one attached hydrogen (secondary N) is 1. The predicted octanol–water partition coefficient (Wildman–Crippen LogP) is 3.25. The molecule has 1 fully saturated rings. The highest BCUT2D eigenvalue weighted by atomic mass is 16.1. The molecule has 3 rings (SSSR count). The van der Waals surface area contributed by atoms with Crippen LogP contribution in [-0.4, -0.2) is 23.9 Å². The zero-order valence-electron chi connectivity index (χ0n) is 13.3. The molecule has 1 amide bonds. The number of nitrogens with zero attached hydrogens (tertiary/aromatic N) is 1. The highest BCUT2D eigenvalue weighted by Gasteiger charge is 2.14. The zero-order valence-corrected chi connectivity index (χ0v) is 13.3. The van der Waals surface area contributed by atoms with Gasteiger partial charge >= 0.3 is 0 Å². The van der Waals surface area contributed by atoms with Crippen LogP contribution in [-0.2, 0) is 17.9 Å². The molecule has 0 aromatic heterocycles. The molecule has 3 nitrogen and oxygen atoms in total. The van der Waals surface area contributed by atoms with E-state index in [4.69, 9.17) is 0 Å². The molecule has 1 saturated heterocycles. The van der Waals surface area contributed by atoms with Crippen LogP contribution in [0.4, 0.5) is 0 Å². The van der Waals surface area contributed by atoms with Gasteiger partial charge in [0.25, 0.3) is 0 Å². The second-order valence-electron chi connectivity index (χ2n) is 6.55. The SMILES string of the molecule is O=C(C[C@@H]1C=CCC1)NCc1ccc(CN2CCCC2)cc1. The van der Waals surface area contributed by atoms with Gasteiger partial charge in [0, 0.05) is 19.5 Å². The minimum Gasteiger partial charge on any atom is -0.352 e. The third-order valence-corrected chi connectivity index (χ3v) is 4.68. The minimum atomic E-state index is 0.165. The zero-order chi connectivity index (χ0) is 15.2. The minimum absolute atomic E-state index is 0.165. The van der Waals surface area contributed by atoms with E-state index in [0.29, 0.717) is 18.9 Å². The Kier molecular flexibility index (Phi) is 5.28. The summed E-state index contributed by atoms with van der Waals surface area (Å²) in [5.41, 5.74) is 2.55. The lowest BCUT2D eigenvalue weighted by Gasteiger charge is -2.15. The summed E-state index contributed by atoms with van der Waals surface area (Å²) in [7, 11) is 0. The second-order valence-corrected chi connectivity index (χ2v) is 6.55. The van der Waals surface area contributed by atoms with E-state index in [1.807, 2.05) is 0 Å². The predicted molar refractivity (Wildman–Crippen MR) is 89.3 cm³/mol. The van der Waals surface area contributed by atoms with Crippen molar-refractivity contribution in [2.45, 2.75) is 45.2 Å². The topological polar surface area (TPSA) is 32.3 Å². The number of allylic oxidation sites excluding steroid dienone is 2. The molecule has 118 valence electrons. The van der Waals surface area contributed by atoms with Crippen molar-refractivity contribution in [1.82, 2.24) is 10.2 Å². The molecule has 1 heterocycles. The number of carbonyl (C=O) groups is 1. The van der Waals surface area contributed by atoms with Gasteiger partial charge in [-0.05, 0) is 55.8 Å². The Morgan fingerprint density at radius 1 is 1.14 bits per heavy atom. The average molecular weight is 298 g/mol. The van der Waals surface area contributed by atoms with Crippen LogP contribution < -0.4 is 5.32 Å². The third-order valence-electron chi connectivity index (χ3n) is 4.68. The molecule has 0 spiro atoms. The summed E-state index contributed by atoms with van der Waals surface area (Å²) in [6.07, 6.45) is 9.89. The summed E-state index contributed by atoms with van der Waals surface area (Å²) in [5, 5.41) is 3.04. The molecule has 1 aliphatic carbocycles. The molecule has 1 N–H and O–H groups in total. The van der Waals surface area contributed by atoms with Crippen LogP contribution in [0.5, 0.6) is 0 Å². The molecule has 0 bridgehead atoms. The van der Waals surface area contributed by atoms with Crippen molar-refractivity contribution in [2.75, 3.05) is 13.1 Å². The van der Waals surface area contributed by atoms with E-state index in [2.05, 4.69) is 46.6 Å². The molecular formula is C19H26N2O. The van der Waals surface area contributed by atoms with Gasteiger partial charge in [0.2, 0.25) is 5.91 Å². The van der Waals surface area contributed by atoms with Crippen molar-refractivity contribution < 1.29 is 4.79 Å². The van der Waals surface area contributed by atoms with Crippen molar-refractivity contribution in [3.05, 3.63) is 47.5 Å². The number of hydrogen-bond donors (Lipinski definition) is 1. The average Bonchev–Trinajstić information content (AvgIpc) is 3.20. The quantitative estimate of drug-likeness (QED) is 0.818. The molecule has 1 atom stereocenters. The summed E-state index contributed by atoms with van der Waals surface area (Å²) in [6, 6.07) is 8.67. The van der Waals surface area contributed by atoms with Gasteiger partial charge in [0.15, 0.2) is 0 Å². The van der Waals surface area contributed by atoms with Crippen LogP contribution in [0, 0.1) is 5.92 Å². The molecule has 0 unspecified atom stereocenters. The van der Waals surface area contributed by atoms with E-state index in [1.54, 1.807) is 0 Å². The lowest BCUT2D eigenvalue weighted by Crippen LogP contribution is -2.24. The van der Waals surface area contributed by atoms with E-state index in [1.165, 1.54) is 37.1 Å². The third kappa shape index (κ3) is 4.44. The molecule has 22 heavy (non-hydrogen) atoms. The van der Waals surface area contributed by atoms with E-state index in [-0.39, 0.29) is 5.91 Å². The Morgan fingerprint density at radius 3 is 2.55 bits per heavy atom. The highest BCUT2D eigenvalue weighted by Crippen LogP contribution is 2.20. The Bertz CT molecular complexity index is 515. The standard InChI is InChI=1S/C19H26N2O/c22-19(13-16-5-1-2-6-16)20-14-17-7-9-18(10-8-17)15-21-11-3-4-12-21/h1,5,7-10,16H,2-4,6,11-15H2,(H,20,22)/t16-/m1/s1. The first-order valence-corrected chi connectivity index (χ1v) is 8.53. The van der Waals surface area contributed by atoms with Crippen LogP contribution in [0.1, 0.15) is 43.2 Å². The maximum atomic E-state index is 11.9. The normalized spacial score (nSPS) is 21.4. The first kappa shape index (κ1) is 15.3. The summed E-state index contributed by atoms with van der Waals surface area (Å²) in [5.74, 6) is 0.612. The number of benzene rings is 1. The maximum absolute atomic E-state index is 11.9. The van der Waals surface area contributed by atoms with Gasteiger partial charge in [-0.15, -0.1) is 0 Å². The van der Waals surface area contributed by atoms with Crippen molar-refractivity contribution in [2.24, 2.45) is 5.92 Å². The summed E-state index contributed by atoms with van der Waals surface area (Å²) in [6.45, 7) is 4.15. The van der Waals surface area contributed by atoms with Crippen LogP contribution in [0.15, 0.2) is 36.4 Å². The lowest BCUT2D eigenvalue weighted by molar-refractivity contribution is -0.121. The van der Waals surface area contributed by atoms with E-state index >= 15 is 0 Å². The van der Waals surface area contributed by atoms with Crippen molar-refractivity contribution >= 4 is 5.91 Å². The molecule has 2 aliphatic rings. The van der Waals surface area contributed by atoms with Crippen molar-refractivity contribution in [3.63, 3.8) is 0 Å². The lowest BCUT2D eigenvalue weighted by atomic mass is 10.0. The summed E-state index contributed by atoms with van der Waals surface area (Å²) in [4.78, 5) is 14.4. The van der Waals surface area contributed by atoms with Crippen LogP contribution >= 0.6 is 0 Å². The van der Waals surface area contributed by atoms with Gasteiger partial charge in [0.05, 0.1) is 0 Å². The Balaban J connectivity index is 1.42. The molecule has 0 radical (unpaired) electrons. The van der Waals surface area contributed by atoms with Gasteiger partial charge in [0.1, 0.15) is 0 Å². The van der Waals surface area contributed by atoms with Gasteiger partial charge < -0.3 is 5.32 Å². The number of rotatable bonds is 6. The molecule has 1 aliphatic heterocycles. The largest absolute Gasteiger partial charge is 0.352 e. The number of amides is 1. The molecule has 3 heteroatoms. The van der Waals surface area contributed by atoms with Crippen LogP contribution in [0.2, 0.25) is 0 Å². The number of hydrogen-bond acceptors (Lipinski definition) is 2. The number of carbonyl (C=O) groups excluding carboxylic acids is 1. The van der Waals surface area contributed by atoms with Gasteiger partial charge in [-0.3, -0.25) is 9.69 Å². The van der Waals surface area contributed by atoms with E-state index in [0.717, 1.165) is 19.4 Å². The summed E-state index contributed by atoms with van der Waals surface area (Å²) >= 11 is 0. The fraction of sp³-hybridized carbons (Fsp3) is 0.526. The maximum Gasteiger partial charge on any atom is 0.220 e. The molecule has 1 aromatic carbocycles. The molecular weight excluding hydrogens is 272 g/mol. The second kappa shape index (κ2) is 7.59. The molecule has 0 saturated carbocycles. The first-order valence-electron chi connectivity index (χ1n) is 8.53. The summed E-state index contributed by atoms with van der Waals surface area (Å²) < 4.78 is 0. The fourth-order valence-electron chi connectivity index (χ4n) is 3.34. The number of likely N-dealkylation sites (tertiary alicyclic amines) is 1. The first-order chi connectivity index (χ1) is 10.8. The van der Waals surface area contributed by atoms with E-state index in [9.17, 15) is 4.79 Å². The smallest absolute Gasteiger partial charge is 0.220 e. The van der Waals surface area contributed by atoms with E-state index < -0.39 is 0 Å². The Hall–Kier alpha value is -1.61. The van der Waals surface area contributed by atoms with Crippen LogP contribution in [0.3, 0.4) is 0 Å². The van der Waals surface area contributed by atoms with Gasteiger partial charge in [-0.2, -0.15) is 0 Å². The van der Waals surface area contributed by atoms with Gasteiger partial charge in [-0.1, -0.05) is 36.4 Å². The molecule has 1 aromatic rings. The van der Waals surface area contributed by atoms with Crippen molar-refractivity contribution in [1.29, 1.82) is 0 Å². The van der Waals surface area contributed by atoms with Crippen molar-refractivity contribution in [3.8, 4) is 0 Å². The van der Waals surface area contributed by atoms with Crippen LogP contribution in [0.25, 0.3) is 0 Å². The monoisotopic (exact) mass is 298 g/mol. The fourth-order valence-corrected chi connectivity index (χ4v) is 3.34. The Labute approximate surface area is 133 Å².